The molecule has 1 aromatic heterocycles. The Morgan fingerprint density at radius 1 is 1.13 bits per heavy atom. The molecule has 0 fully saturated rings. The molecule has 0 saturated carbocycles. The maximum absolute atomic E-state index is 14.1. The predicted molar refractivity (Wildman–Crippen MR) is 93.0 cm³/mol. The summed E-state index contributed by atoms with van der Waals surface area (Å²) in [5, 5.41) is 3.66. The average molecular weight is 375 g/mol. The molecule has 1 N–H and O–H groups in total. The summed E-state index contributed by atoms with van der Waals surface area (Å²) < 4.78 is 19.3. The van der Waals surface area contributed by atoms with Gasteiger partial charge in [-0.2, -0.15) is 0 Å². The van der Waals surface area contributed by atoms with Gasteiger partial charge in [-0.25, -0.2) is 14.4 Å². The topological polar surface area (TPSA) is 47.0 Å². The molecular formula is C15H11Cl3FN3O. The van der Waals surface area contributed by atoms with Gasteiger partial charge in [0.15, 0.2) is 5.82 Å². The van der Waals surface area contributed by atoms with Crippen LogP contribution in [-0.4, -0.2) is 17.1 Å². The van der Waals surface area contributed by atoms with Crippen molar-refractivity contribution in [3.63, 3.8) is 0 Å². The highest BCUT2D eigenvalue weighted by atomic mass is 35.5. The fraction of sp³-hybridized carbons (Fsp3) is 0.0667. The minimum atomic E-state index is -0.630. The van der Waals surface area contributed by atoms with Gasteiger partial charge in [0.25, 0.3) is 0 Å². The highest BCUT2D eigenvalue weighted by Gasteiger charge is 2.12. The number of ether oxygens (including phenoxy) is 1. The second kappa shape index (κ2) is 7.17. The van der Waals surface area contributed by atoms with E-state index in [9.17, 15) is 4.39 Å². The van der Waals surface area contributed by atoms with Gasteiger partial charge in [0, 0.05) is 11.5 Å². The van der Waals surface area contributed by atoms with Crippen LogP contribution in [0.15, 0.2) is 36.7 Å². The lowest BCUT2D eigenvalue weighted by molar-refractivity contribution is 0.415. The third-order valence-electron chi connectivity index (χ3n) is 3.13. The van der Waals surface area contributed by atoms with Gasteiger partial charge in [-0.05, 0) is 24.3 Å². The summed E-state index contributed by atoms with van der Waals surface area (Å²) in [4.78, 5) is 8.32. The van der Waals surface area contributed by atoms with Crippen LogP contribution in [0.5, 0.6) is 5.75 Å². The number of nitrogens with zero attached hydrogens (tertiary/aromatic N) is 2. The Morgan fingerprint density at radius 3 is 2.65 bits per heavy atom. The maximum atomic E-state index is 14.1. The van der Waals surface area contributed by atoms with Crippen molar-refractivity contribution in [2.24, 2.45) is 0 Å². The van der Waals surface area contributed by atoms with Crippen molar-refractivity contribution in [3.8, 4) is 5.75 Å². The Kier molecular flexibility index (Phi) is 5.46. The molecule has 8 heteroatoms. The first-order chi connectivity index (χ1) is 10.6. The molecule has 0 atom stereocenters. The molecular weight excluding hydrogens is 364 g/mol. The van der Waals surface area contributed by atoms with Gasteiger partial charge >= 0.3 is 0 Å². The number of rotatable bonds is 3. The van der Waals surface area contributed by atoms with Crippen LogP contribution >= 0.6 is 35.6 Å². The van der Waals surface area contributed by atoms with E-state index in [0.29, 0.717) is 17.1 Å². The number of methoxy groups -OCH3 is 1. The fourth-order valence-electron chi connectivity index (χ4n) is 2.01. The van der Waals surface area contributed by atoms with Gasteiger partial charge in [0.05, 0.1) is 28.4 Å². The molecule has 2 aromatic carbocycles. The molecule has 0 aliphatic heterocycles. The molecule has 0 radical (unpaired) electrons. The molecule has 0 amide bonds. The van der Waals surface area contributed by atoms with Gasteiger partial charge in [-0.3, -0.25) is 0 Å². The summed E-state index contributed by atoms with van der Waals surface area (Å²) in [6, 6.07) is 8.37. The second-order valence-corrected chi connectivity index (χ2v) is 5.24. The number of aromatic nitrogens is 2. The van der Waals surface area contributed by atoms with Crippen molar-refractivity contribution in [1.29, 1.82) is 0 Å². The summed E-state index contributed by atoms with van der Waals surface area (Å²) in [7, 11) is 1.58. The standard InChI is InChI=1S/C15H10Cl2FN3O.ClH/c1-22-8-2-3-9-12(6-8)19-7-20-15(9)21-11-5-4-10(16)13(17)14(11)18;/h2-7H,1H3,(H,19,20,21);1H. The minimum absolute atomic E-state index is 0. The molecule has 120 valence electrons. The molecule has 4 nitrogen and oxygen atoms in total. The Bertz CT molecular complexity index is 861. The summed E-state index contributed by atoms with van der Waals surface area (Å²) in [6.45, 7) is 0. The van der Waals surface area contributed by atoms with E-state index >= 15 is 0 Å². The number of benzene rings is 2. The van der Waals surface area contributed by atoms with Gasteiger partial charge in [-0.1, -0.05) is 23.2 Å². The first kappa shape index (κ1) is 17.5. The molecule has 0 unspecified atom stereocenters. The molecule has 0 aliphatic carbocycles. The monoisotopic (exact) mass is 373 g/mol. The van der Waals surface area contributed by atoms with E-state index < -0.39 is 5.82 Å². The molecule has 0 spiro atoms. The Labute approximate surface area is 148 Å². The van der Waals surface area contributed by atoms with Crippen molar-refractivity contribution in [1.82, 2.24) is 9.97 Å². The number of hydrogen-bond donors (Lipinski definition) is 1. The number of halogens is 4. The number of hydrogen-bond acceptors (Lipinski definition) is 4. The highest BCUT2D eigenvalue weighted by Crippen LogP contribution is 2.32. The van der Waals surface area contributed by atoms with Crippen LogP contribution in [0.3, 0.4) is 0 Å². The number of nitrogens with one attached hydrogen (secondary N) is 1. The zero-order chi connectivity index (χ0) is 15.7. The molecule has 0 bridgehead atoms. The van der Waals surface area contributed by atoms with Gasteiger partial charge in [0.1, 0.15) is 17.9 Å². The Hall–Kier alpha value is -1.82. The van der Waals surface area contributed by atoms with Crippen LogP contribution in [0, 0.1) is 5.82 Å². The van der Waals surface area contributed by atoms with Crippen molar-refractivity contribution < 1.29 is 9.13 Å². The lowest BCUT2D eigenvalue weighted by Crippen LogP contribution is -1.99. The van der Waals surface area contributed by atoms with Crippen molar-refractivity contribution in [2.75, 3.05) is 12.4 Å². The van der Waals surface area contributed by atoms with E-state index in [1.165, 1.54) is 18.5 Å². The van der Waals surface area contributed by atoms with Crippen LogP contribution in [0.25, 0.3) is 10.9 Å². The Morgan fingerprint density at radius 2 is 1.91 bits per heavy atom. The van der Waals surface area contributed by atoms with Crippen LogP contribution < -0.4 is 10.1 Å². The van der Waals surface area contributed by atoms with Crippen LogP contribution in [0.2, 0.25) is 10.0 Å². The third-order valence-corrected chi connectivity index (χ3v) is 3.91. The lowest BCUT2D eigenvalue weighted by Gasteiger charge is -2.11. The molecule has 1 heterocycles. The van der Waals surface area contributed by atoms with E-state index in [4.69, 9.17) is 27.9 Å². The quantitative estimate of drug-likeness (QED) is 0.636. The van der Waals surface area contributed by atoms with Gasteiger partial charge < -0.3 is 10.1 Å². The Balaban J connectivity index is 0.00000192. The highest BCUT2D eigenvalue weighted by molar-refractivity contribution is 6.42. The van der Waals surface area contributed by atoms with E-state index in [-0.39, 0.29) is 28.1 Å². The largest absolute Gasteiger partial charge is 0.497 e. The fourth-order valence-corrected chi connectivity index (χ4v) is 2.32. The zero-order valence-corrected chi connectivity index (χ0v) is 14.1. The van der Waals surface area contributed by atoms with E-state index in [0.717, 1.165) is 5.39 Å². The van der Waals surface area contributed by atoms with Crippen molar-refractivity contribution in [3.05, 3.63) is 52.5 Å². The molecule has 3 rings (SSSR count). The maximum Gasteiger partial charge on any atom is 0.166 e. The second-order valence-electron chi connectivity index (χ2n) is 4.45. The van der Waals surface area contributed by atoms with Crippen LogP contribution in [0.1, 0.15) is 0 Å². The van der Waals surface area contributed by atoms with Crippen LogP contribution in [0.4, 0.5) is 15.9 Å². The smallest absolute Gasteiger partial charge is 0.166 e. The average Bonchev–Trinajstić information content (AvgIpc) is 2.55. The summed E-state index contributed by atoms with van der Waals surface area (Å²) in [5.41, 5.74) is 0.863. The number of anilines is 2. The summed E-state index contributed by atoms with van der Waals surface area (Å²) in [6.07, 6.45) is 1.39. The zero-order valence-electron chi connectivity index (χ0n) is 11.8. The number of fused-ring (bicyclic) bond motifs is 1. The molecule has 3 aromatic rings. The van der Waals surface area contributed by atoms with Crippen LogP contribution in [-0.2, 0) is 0 Å². The van der Waals surface area contributed by atoms with Crippen molar-refractivity contribution >= 4 is 58.0 Å². The van der Waals surface area contributed by atoms with E-state index in [1.807, 2.05) is 0 Å². The molecule has 0 aliphatic rings. The predicted octanol–water partition coefficient (Wildman–Crippen LogP) is 5.25. The summed E-state index contributed by atoms with van der Waals surface area (Å²) >= 11 is 11.6. The minimum Gasteiger partial charge on any atom is -0.497 e. The van der Waals surface area contributed by atoms with Crippen molar-refractivity contribution in [2.45, 2.75) is 0 Å². The SMILES string of the molecule is COc1ccc2c(Nc3ccc(Cl)c(Cl)c3F)ncnc2c1.Cl. The third kappa shape index (κ3) is 3.42. The lowest BCUT2D eigenvalue weighted by atomic mass is 10.2. The van der Waals surface area contributed by atoms with E-state index in [2.05, 4.69) is 15.3 Å². The normalized spacial score (nSPS) is 10.3. The first-order valence-electron chi connectivity index (χ1n) is 6.29. The van der Waals surface area contributed by atoms with Gasteiger partial charge in [-0.15, -0.1) is 12.4 Å². The van der Waals surface area contributed by atoms with E-state index in [1.54, 1.807) is 25.3 Å². The summed E-state index contributed by atoms with van der Waals surface area (Å²) in [5.74, 6) is 0.511. The molecule has 23 heavy (non-hydrogen) atoms. The van der Waals surface area contributed by atoms with Gasteiger partial charge in [0.2, 0.25) is 0 Å². The molecule has 0 saturated heterocycles. The first-order valence-corrected chi connectivity index (χ1v) is 7.05.